The quantitative estimate of drug-likeness (QED) is 0.0944. The third-order valence-corrected chi connectivity index (χ3v) is 7.18. The van der Waals surface area contributed by atoms with Gasteiger partial charge in [-0.2, -0.15) is 5.10 Å². The molecule has 42 heavy (non-hydrogen) atoms. The van der Waals surface area contributed by atoms with Gasteiger partial charge < -0.3 is 20.5 Å². The molecular formula is C30H25FN8O3. The number of amidine groups is 1. The van der Waals surface area contributed by atoms with E-state index in [0.29, 0.717) is 31.7 Å². The predicted octanol–water partition coefficient (Wildman–Crippen LogP) is 2.83. The van der Waals surface area contributed by atoms with Gasteiger partial charge in [0.1, 0.15) is 11.5 Å². The standard InChI is InChI=1S/C30H25FN8O3/c31-22-17-35-25(27(32)36-37-29(41)19-7-2-1-3-8-19)24-23(22)21(16-34-24)26(40)30(42)39-14-12-38(13-15-39)28-20-9-5-4-6-18(20)10-11-33-28/h1-11,16-17,34H,12-15H2,(H2,32,36)(H,37,41). The number of nitrogens with zero attached hydrogens (tertiary/aromatic N) is 5. The number of amides is 2. The number of anilines is 1. The van der Waals surface area contributed by atoms with Crippen LogP contribution in [0.4, 0.5) is 10.2 Å². The summed E-state index contributed by atoms with van der Waals surface area (Å²) < 4.78 is 15.0. The number of nitrogens with two attached hydrogens (primary N) is 1. The highest BCUT2D eigenvalue weighted by Gasteiger charge is 2.30. The molecule has 0 unspecified atom stereocenters. The van der Waals surface area contributed by atoms with Crippen molar-refractivity contribution in [3.8, 4) is 0 Å². The molecule has 12 heteroatoms. The lowest BCUT2D eigenvalue weighted by Crippen LogP contribution is -2.50. The molecule has 0 atom stereocenters. The number of aromatic nitrogens is 3. The van der Waals surface area contributed by atoms with Crippen LogP contribution in [0.3, 0.4) is 0 Å². The molecule has 210 valence electrons. The molecule has 11 nitrogen and oxygen atoms in total. The van der Waals surface area contributed by atoms with Crippen molar-refractivity contribution in [2.45, 2.75) is 0 Å². The van der Waals surface area contributed by atoms with Crippen LogP contribution in [0.1, 0.15) is 26.4 Å². The van der Waals surface area contributed by atoms with Gasteiger partial charge in [-0.25, -0.2) is 19.8 Å². The van der Waals surface area contributed by atoms with E-state index in [0.717, 1.165) is 22.8 Å². The predicted molar refractivity (Wildman–Crippen MR) is 156 cm³/mol. The number of pyridine rings is 2. The van der Waals surface area contributed by atoms with Gasteiger partial charge in [0.2, 0.25) is 0 Å². The van der Waals surface area contributed by atoms with Gasteiger partial charge >= 0.3 is 0 Å². The van der Waals surface area contributed by atoms with Gasteiger partial charge in [-0.05, 0) is 23.6 Å². The summed E-state index contributed by atoms with van der Waals surface area (Å²) in [6.45, 7) is 1.57. The molecule has 1 aliphatic heterocycles. The van der Waals surface area contributed by atoms with Crippen LogP contribution in [0, 0.1) is 5.82 Å². The Morgan fingerprint density at radius 2 is 1.69 bits per heavy atom. The number of aromatic amines is 1. The fourth-order valence-corrected chi connectivity index (χ4v) is 5.04. The van der Waals surface area contributed by atoms with Gasteiger partial charge in [-0.1, -0.05) is 42.5 Å². The number of halogens is 1. The summed E-state index contributed by atoms with van der Waals surface area (Å²) in [5.74, 6) is -2.29. The van der Waals surface area contributed by atoms with E-state index < -0.39 is 23.4 Å². The summed E-state index contributed by atoms with van der Waals surface area (Å²) in [5, 5.41) is 5.83. The number of rotatable bonds is 6. The second kappa shape index (κ2) is 11.1. The number of piperazine rings is 1. The van der Waals surface area contributed by atoms with Gasteiger partial charge in [0.15, 0.2) is 11.7 Å². The minimum atomic E-state index is -0.859. The van der Waals surface area contributed by atoms with Crippen molar-refractivity contribution in [2.24, 2.45) is 10.8 Å². The molecule has 1 aliphatic rings. The van der Waals surface area contributed by atoms with Gasteiger partial charge in [-0.15, -0.1) is 0 Å². The molecule has 0 aliphatic carbocycles. The zero-order chi connectivity index (χ0) is 29.2. The first-order chi connectivity index (χ1) is 20.4. The Labute approximate surface area is 238 Å². The summed E-state index contributed by atoms with van der Waals surface area (Å²) in [5.41, 5.74) is 8.71. The molecule has 2 amide bonds. The molecule has 2 aromatic carbocycles. The van der Waals surface area contributed by atoms with Crippen molar-refractivity contribution in [3.63, 3.8) is 0 Å². The zero-order valence-corrected chi connectivity index (χ0v) is 22.3. The molecule has 4 heterocycles. The number of hydrogen-bond donors (Lipinski definition) is 3. The molecule has 1 fully saturated rings. The number of hydrazone groups is 1. The van der Waals surface area contributed by atoms with Gasteiger partial charge in [0.05, 0.1) is 22.7 Å². The van der Waals surface area contributed by atoms with Crippen molar-refractivity contribution in [3.05, 3.63) is 102 Å². The third-order valence-electron chi connectivity index (χ3n) is 7.18. The highest BCUT2D eigenvalue weighted by Crippen LogP contribution is 2.27. The fourth-order valence-electron chi connectivity index (χ4n) is 5.04. The van der Waals surface area contributed by atoms with Crippen LogP contribution in [0.15, 0.2) is 84.4 Å². The van der Waals surface area contributed by atoms with E-state index in [1.807, 2.05) is 30.3 Å². The van der Waals surface area contributed by atoms with Crippen LogP contribution >= 0.6 is 0 Å². The van der Waals surface area contributed by atoms with E-state index in [9.17, 15) is 18.8 Å². The molecule has 6 rings (SSSR count). The highest BCUT2D eigenvalue weighted by molar-refractivity contribution is 6.45. The van der Waals surface area contributed by atoms with E-state index in [-0.39, 0.29) is 28.0 Å². The van der Waals surface area contributed by atoms with E-state index in [2.05, 4.69) is 30.4 Å². The number of carbonyl (C=O) groups excluding carboxylic acids is 3. The molecular weight excluding hydrogens is 539 g/mol. The van der Waals surface area contributed by atoms with Gasteiger partial charge in [-0.3, -0.25) is 14.4 Å². The number of hydrogen-bond acceptors (Lipinski definition) is 7. The Hall–Kier alpha value is -5.65. The first-order valence-corrected chi connectivity index (χ1v) is 13.2. The average Bonchev–Trinajstić information content (AvgIpc) is 3.49. The number of carbonyl (C=O) groups is 3. The zero-order valence-electron chi connectivity index (χ0n) is 22.3. The van der Waals surface area contributed by atoms with Crippen molar-refractivity contribution in [2.75, 3.05) is 31.1 Å². The number of ketones is 1. The van der Waals surface area contributed by atoms with Crippen molar-refractivity contribution in [1.82, 2.24) is 25.3 Å². The molecule has 3 aromatic heterocycles. The lowest BCUT2D eigenvalue weighted by atomic mass is 10.1. The van der Waals surface area contributed by atoms with E-state index in [1.54, 1.807) is 36.5 Å². The first kappa shape index (κ1) is 26.6. The first-order valence-electron chi connectivity index (χ1n) is 13.2. The second-order valence-corrected chi connectivity index (χ2v) is 9.68. The van der Waals surface area contributed by atoms with Crippen molar-refractivity contribution >= 4 is 50.9 Å². The summed E-state index contributed by atoms with van der Waals surface area (Å²) in [6.07, 6.45) is 3.90. The molecule has 0 saturated carbocycles. The maximum absolute atomic E-state index is 15.0. The molecule has 5 aromatic rings. The number of nitrogens with one attached hydrogen (secondary N) is 2. The number of H-pyrrole nitrogens is 1. The summed E-state index contributed by atoms with van der Waals surface area (Å²) >= 11 is 0. The second-order valence-electron chi connectivity index (χ2n) is 9.68. The topological polar surface area (TPSA) is 150 Å². The summed E-state index contributed by atoms with van der Waals surface area (Å²) in [6, 6.07) is 18.3. The Balaban J connectivity index is 1.19. The van der Waals surface area contributed by atoms with Crippen molar-refractivity contribution in [1.29, 1.82) is 0 Å². The summed E-state index contributed by atoms with van der Waals surface area (Å²) in [4.78, 5) is 53.7. The molecule has 0 spiro atoms. The van der Waals surface area contributed by atoms with Crippen LogP contribution in [-0.2, 0) is 4.79 Å². The van der Waals surface area contributed by atoms with Crippen LogP contribution < -0.4 is 16.1 Å². The Morgan fingerprint density at radius 1 is 0.952 bits per heavy atom. The SMILES string of the molecule is NC(=NNC(=O)c1ccccc1)c1ncc(F)c2c(C(=O)C(=O)N3CCN(c4nccc5ccccc45)CC3)c[nH]c12. The van der Waals surface area contributed by atoms with Crippen LogP contribution in [0.5, 0.6) is 0 Å². The van der Waals surface area contributed by atoms with Gasteiger partial charge in [0.25, 0.3) is 17.6 Å². The van der Waals surface area contributed by atoms with E-state index >= 15 is 0 Å². The number of Topliss-reactive ketones (excluding diaryl/α,β-unsaturated/α-hetero) is 1. The Kier molecular flexibility index (Phi) is 7.01. The Morgan fingerprint density at radius 3 is 2.48 bits per heavy atom. The maximum atomic E-state index is 15.0. The summed E-state index contributed by atoms with van der Waals surface area (Å²) in [7, 11) is 0. The van der Waals surface area contributed by atoms with Crippen LogP contribution in [-0.4, -0.2) is 69.5 Å². The minimum Gasteiger partial charge on any atom is -0.380 e. The maximum Gasteiger partial charge on any atom is 0.295 e. The number of benzene rings is 2. The third kappa shape index (κ3) is 4.89. The smallest absolute Gasteiger partial charge is 0.295 e. The monoisotopic (exact) mass is 564 g/mol. The van der Waals surface area contributed by atoms with Crippen LogP contribution in [0.2, 0.25) is 0 Å². The largest absolute Gasteiger partial charge is 0.380 e. The minimum absolute atomic E-state index is 0.0162. The molecule has 0 bridgehead atoms. The highest BCUT2D eigenvalue weighted by atomic mass is 19.1. The van der Waals surface area contributed by atoms with Crippen LogP contribution in [0.25, 0.3) is 21.7 Å². The normalized spacial score (nSPS) is 13.9. The van der Waals surface area contributed by atoms with Gasteiger partial charge in [0, 0.05) is 49.5 Å². The Bertz CT molecular complexity index is 1860. The average molecular weight is 565 g/mol. The van der Waals surface area contributed by atoms with E-state index in [4.69, 9.17) is 5.73 Å². The molecule has 1 saturated heterocycles. The lowest BCUT2D eigenvalue weighted by Gasteiger charge is -2.35. The van der Waals surface area contributed by atoms with E-state index in [1.165, 1.54) is 11.1 Å². The lowest BCUT2D eigenvalue weighted by molar-refractivity contribution is -0.126. The number of fused-ring (bicyclic) bond motifs is 2. The molecule has 4 N–H and O–H groups in total. The fraction of sp³-hybridized carbons (Fsp3) is 0.133. The van der Waals surface area contributed by atoms with Crippen molar-refractivity contribution < 1.29 is 18.8 Å². The molecule has 0 radical (unpaired) electrons.